The number of carbonyl (C=O) groups is 4. The van der Waals surface area contributed by atoms with E-state index in [0.29, 0.717) is 0 Å². The molecule has 2 atom stereocenters. The van der Waals surface area contributed by atoms with E-state index in [1.807, 2.05) is 0 Å². The second kappa shape index (κ2) is 7.88. The predicted octanol–water partition coefficient (Wildman–Crippen LogP) is 0.301. The normalized spacial score (nSPS) is 15.1. The second-order valence-corrected chi connectivity index (χ2v) is 5.47. The van der Waals surface area contributed by atoms with E-state index in [4.69, 9.17) is 9.47 Å². The van der Waals surface area contributed by atoms with Gasteiger partial charge in [0.15, 0.2) is 11.5 Å². The zero-order valence-corrected chi connectivity index (χ0v) is 13.3. The summed E-state index contributed by atoms with van der Waals surface area (Å²) in [6, 6.07) is 0. The number of esters is 2. The van der Waals surface area contributed by atoms with Gasteiger partial charge >= 0.3 is 17.9 Å². The lowest BCUT2D eigenvalue weighted by atomic mass is 9.82. The van der Waals surface area contributed by atoms with Crippen LogP contribution < -0.4 is 0 Å². The Balaban J connectivity index is 5.54. The van der Waals surface area contributed by atoms with E-state index in [2.05, 4.69) is 0 Å². The molecule has 8 heteroatoms. The summed E-state index contributed by atoms with van der Waals surface area (Å²) in [5.41, 5.74) is -2.93. The fraction of sp³-hybridized carbons (Fsp3) is 0.714. The number of hydrogen-bond acceptors (Lipinski definition) is 7. The third-order valence-electron chi connectivity index (χ3n) is 2.62. The van der Waals surface area contributed by atoms with Gasteiger partial charge in [0.05, 0.1) is 18.6 Å². The SMILES string of the molecule is CC(=O)C(C(=O)OC(C)C)C(O)(CC(=O)OC(C)C)C(=O)O. The highest BCUT2D eigenvalue weighted by Gasteiger charge is 2.53. The van der Waals surface area contributed by atoms with E-state index >= 15 is 0 Å². The Hall–Kier alpha value is -1.96. The van der Waals surface area contributed by atoms with Gasteiger partial charge in [-0.3, -0.25) is 14.4 Å². The Labute approximate surface area is 128 Å². The van der Waals surface area contributed by atoms with Crippen molar-refractivity contribution in [2.24, 2.45) is 5.92 Å². The summed E-state index contributed by atoms with van der Waals surface area (Å²) in [6.45, 7) is 7.01. The molecule has 22 heavy (non-hydrogen) atoms. The van der Waals surface area contributed by atoms with Gasteiger partial charge in [-0.2, -0.15) is 0 Å². The summed E-state index contributed by atoms with van der Waals surface area (Å²) in [4.78, 5) is 46.6. The lowest BCUT2D eigenvalue weighted by molar-refractivity contribution is -0.185. The van der Waals surface area contributed by atoms with Crippen molar-refractivity contribution >= 4 is 23.7 Å². The first-order valence-corrected chi connectivity index (χ1v) is 6.78. The summed E-state index contributed by atoms with van der Waals surface area (Å²) in [5, 5.41) is 19.5. The lowest BCUT2D eigenvalue weighted by Gasteiger charge is -2.29. The van der Waals surface area contributed by atoms with Crippen LogP contribution in [0.3, 0.4) is 0 Å². The average molecular weight is 318 g/mol. The van der Waals surface area contributed by atoms with Gasteiger partial charge in [0.1, 0.15) is 5.78 Å². The van der Waals surface area contributed by atoms with Crippen molar-refractivity contribution in [3.05, 3.63) is 0 Å². The molecule has 0 aromatic rings. The summed E-state index contributed by atoms with van der Waals surface area (Å²) in [6.07, 6.45) is -2.20. The Kier molecular flexibility index (Phi) is 7.18. The van der Waals surface area contributed by atoms with Crippen LogP contribution in [-0.2, 0) is 28.7 Å². The highest BCUT2D eigenvalue weighted by atomic mass is 16.6. The molecule has 0 aromatic heterocycles. The minimum Gasteiger partial charge on any atom is -0.479 e. The number of Topliss-reactive ketones (excluding diaryl/α,β-unsaturated/α-hetero) is 1. The summed E-state index contributed by atoms with van der Waals surface area (Å²) < 4.78 is 9.56. The average Bonchev–Trinajstić information content (AvgIpc) is 2.24. The molecular weight excluding hydrogens is 296 g/mol. The number of ketones is 1. The van der Waals surface area contributed by atoms with Crippen LogP contribution in [0.1, 0.15) is 41.0 Å². The molecule has 2 unspecified atom stereocenters. The van der Waals surface area contributed by atoms with Crippen LogP contribution in [0.2, 0.25) is 0 Å². The predicted molar refractivity (Wildman–Crippen MR) is 73.8 cm³/mol. The third-order valence-corrected chi connectivity index (χ3v) is 2.62. The maximum Gasteiger partial charge on any atom is 0.337 e. The minimum absolute atomic E-state index is 0.538. The van der Waals surface area contributed by atoms with Crippen LogP contribution in [0.15, 0.2) is 0 Å². The molecule has 0 aliphatic carbocycles. The van der Waals surface area contributed by atoms with Crippen LogP contribution in [0.5, 0.6) is 0 Å². The molecule has 0 aromatic carbocycles. The molecule has 0 saturated heterocycles. The fourth-order valence-electron chi connectivity index (χ4n) is 1.82. The molecule has 0 radical (unpaired) electrons. The van der Waals surface area contributed by atoms with Crippen molar-refractivity contribution in [2.75, 3.05) is 0 Å². The number of carboxylic acids is 1. The van der Waals surface area contributed by atoms with Gasteiger partial charge in [0.2, 0.25) is 0 Å². The zero-order valence-electron chi connectivity index (χ0n) is 13.3. The molecule has 2 N–H and O–H groups in total. The van der Waals surface area contributed by atoms with Crippen molar-refractivity contribution in [1.82, 2.24) is 0 Å². The van der Waals surface area contributed by atoms with Crippen molar-refractivity contribution in [2.45, 2.75) is 58.8 Å². The molecule has 0 amide bonds. The maximum absolute atomic E-state index is 11.9. The Morgan fingerprint density at radius 1 is 1.00 bits per heavy atom. The minimum atomic E-state index is -2.93. The number of aliphatic hydroxyl groups is 1. The molecule has 0 saturated carbocycles. The first-order chi connectivity index (χ1) is 9.91. The molecule has 0 fully saturated rings. The lowest BCUT2D eigenvalue weighted by Crippen LogP contribution is -2.54. The molecule has 0 heterocycles. The number of aliphatic carboxylic acids is 1. The van der Waals surface area contributed by atoms with Crippen LogP contribution in [-0.4, -0.2) is 51.7 Å². The first kappa shape index (κ1) is 20.0. The van der Waals surface area contributed by atoms with E-state index in [1.165, 1.54) is 27.7 Å². The quantitative estimate of drug-likeness (QED) is 0.483. The van der Waals surface area contributed by atoms with E-state index in [9.17, 15) is 29.4 Å². The van der Waals surface area contributed by atoms with Crippen LogP contribution in [0.4, 0.5) is 0 Å². The van der Waals surface area contributed by atoms with Gasteiger partial charge in [-0.05, 0) is 34.6 Å². The molecule has 0 rings (SSSR count). The molecule has 126 valence electrons. The van der Waals surface area contributed by atoms with E-state index in [1.54, 1.807) is 0 Å². The van der Waals surface area contributed by atoms with Crippen LogP contribution in [0.25, 0.3) is 0 Å². The maximum atomic E-state index is 11.9. The van der Waals surface area contributed by atoms with Gasteiger partial charge < -0.3 is 19.7 Å². The highest BCUT2D eigenvalue weighted by Crippen LogP contribution is 2.26. The Morgan fingerprint density at radius 2 is 1.45 bits per heavy atom. The van der Waals surface area contributed by atoms with Crippen molar-refractivity contribution in [3.8, 4) is 0 Å². The number of carbonyl (C=O) groups excluding carboxylic acids is 3. The molecule has 8 nitrogen and oxygen atoms in total. The molecule has 0 aliphatic heterocycles. The summed E-state index contributed by atoms with van der Waals surface area (Å²) >= 11 is 0. The van der Waals surface area contributed by atoms with E-state index < -0.39 is 53.8 Å². The van der Waals surface area contributed by atoms with Crippen molar-refractivity contribution in [1.29, 1.82) is 0 Å². The summed E-state index contributed by atoms with van der Waals surface area (Å²) in [7, 11) is 0. The number of hydrogen-bond donors (Lipinski definition) is 2. The Bertz CT molecular complexity index is 454. The third kappa shape index (κ3) is 5.44. The molecular formula is C14H22O8. The van der Waals surface area contributed by atoms with Crippen LogP contribution in [0, 0.1) is 5.92 Å². The van der Waals surface area contributed by atoms with Gasteiger partial charge in [-0.25, -0.2) is 4.79 Å². The monoisotopic (exact) mass is 318 g/mol. The largest absolute Gasteiger partial charge is 0.479 e. The smallest absolute Gasteiger partial charge is 0.337 e. The number of rotatable bonds is 8. The molecule has 0 bridgehead atoms. The highest BCUT2D eigenvalue weighted by molar-refractivity contribution is 6.05. The number of ether oxygens (including phenoxy) is 2. The number of carboxylic acid groups (broad SMARTS) is 1. The standard InChI is InChI=1S/C14H22O8/c1-7(2)21-10(16)6-14(20,13(18)19)11(9(5)15)12(17)22-8(3)4/h7-8,11,20H,6H2,1-5H3,(H,18,19). The van der Waals surface area contributed by atoms with E-state index in [-0.39, 0.29) is 0 Å². The topological polar surface area (TPSA) is 127 Å². The Morgan fingerprint density at radius 3 is 1.77 bits per heavy atom. The summed E-state index contributed by atoms with van der Waals surface area (Å²) in [5.74, 6) is -7.07. The van der Waals surface area contributed by atoms with Gasteiger partial charge in [-0.1, -0.05) is 0 Å². The second-order valence-electron chi connectivity index (χ2n) is 5.47. The van der Waals surface area contributed by atoms with Gasteiger partial charge in [0.25, 0.3) is 0 Å². The molecule has 0 aliphatic rings. The zero-order chi connectivity index (χ0) is 17.7. The van der Waals surface area contributed by atoms with Gasteiger partial charge in [-0.15, -0.1) is 0 Å². The van der Waals surface area contributed by atoms with Gasteiger partial charge in [0, 0.05) is 0 Å². The molecule has 0 spiro atoms. The van der Waals surface area contributed by atoms with Crippen molar-refractivity contribution < 1.29 is 38.9 Å². The van der Waals surface area contributed by atoms with Crippen molar-refractivity contribution in [3.63, 3.8) is 0 Å². The van der Waals surface area contributed by atoms with E-state index in [0.717, 1.165) is 6.92 Å². The fourth-order valence-corrected chi connectivity index (χ4v) is 1.82. The first-order valence-electron chi connectivity index (χ1n) is 6.78. The van der Waals surface area contributed by atoms with Crippen LogP contribution >= 0.6 is 0 Å².